The number of halogens is 2. The molecule has 3 aromatic rings. The maximum atomic E-state index is 13.2. The molecule has 0 aliphatic carbocycles. The van der Waals surface area contributed by atoms with Crippen molar-refractivity contribution in [2.45, 2.75) is 0 Å². The molecule has 0 saturated carbocycles. The van der Waals surface area contributed by atoms with Crippen LogP contribution < -0.4 is 11.5 Å². The van der Waals surface area contributed by atoms with Crippen LogP contribution in [0.4, 0.5) is 15.1 Å². The molecule has 2 aromatic heterocycles. The van der Waals surface area contributed by atoms with Crippen LogP contribution in [0.15, 0.2) is 30.6 Å². The summed E-state index contributed by atoms with van der Waals surface area (Å²) < 4.78 is 14.1. The first-order valence-corrected chi connectivity index (χ1v) is 6.64. The van der Waals surface area contributed by atoms with Gasteiger partial charge in [-0.3, -0.25) is 4.98 Å². The molecule has 0 amide bonds. The van der Waals surface area contributed by atoms with E-state index in [9.17, 15) is 4.39 Å². The second-order valence-corrected chi connectivity index (χ2v) is 5.56. The smallest absolute Gasteiger partial charge is 0.141 e. The van der Waals surface area contributed by atoms with Gasteiger partial charge in [-0.2, -0.15) is 0 Å². The van der Waals surface area contributed by atoms with Gasteiger partial charge in [0.2, 0.25) is 0 Å². The number of hydrogen-bond donors (Lipinski definition) is 2. The number of nitrogens with two attached hydrogens (primary N) is 2. The van der Waals surface area contributed by atoms with E-state index in [0.717, 1.165) is 21.2 Å². The first-order chi connectivity index (χ1) is 9.08. The lowest BCUT2D eigenvalue weighted by atomic mass is 10.0. The number of hydrogen-bond acceptors (Lipinski definition) is 4. The van der Waals surface area contributed by atoms with E-state index in [0.29, 0.717) is 10.7 Å². The molecule has 0 saturated heterocycles. The third-order valence-corrected chi connectivity index (χ3v) is 4.16. The van der Waals surface area contributed by atoms with Crippen molar-refractivity contribution < 1.29 is 4.39 Å². The lowest BCUT2D eigenvalue weighted by Gasteiger charge is -2.05. The average Bonchev–Trinajstić information content (AvgIpc) is 2.69. The minimum Gasteiger partial charge on any atom is -0.396 e. The molecule has 2 heterocycles. The van der Waals surface area contributed by atoms with Crippen molar-refractivity contribution in [2.24, 2.45) is 0 Å². The van der Waals surface area contributed by atoms with Gasteiger partial charge in [-0.1, -0.05) is 17.7 Å². The number of aromatic nitrogens is 1. The number of nitrogen functional groups attached to an aromatic ring is 2. The molecule has 0 radical (unpaired) electrons. The quantitative estimate of drug-likeness (QED) is 0.714. The molecular weight excluding hydrogens is 285 g/mol. The molecule has 4 N–H and O–H groups in total. The summed E-state index contributed by atoms with van der Waals surface area (Å²) in [4.78, 5) is 4.16. The van der Waals surface area contributed by atoms with E-state index in [1.165, 1.54) is 17.4 Å². The lowest BCUT2D eigenvalue weighted by Crippen LogP contribution is -1.91. The summed E-state index contributed by atoms with van der Waals surface area (Å²) in [6.45, 7) is 0. The first kappa shape index (κ1) is 12.2. The van der Waals surface area contributed by atoms with Crippen LogP contribution in [0.3, 0.4) is 0 Å². The molecule has 3 rings (SSSR count). The number of fused-ring (bicyclic) bond motifs is 1. The van der Waals surface area contributed by atoms with Crippen molar-refractivity contribution in [2.75, 3.05) is 11.5 Å². The summed E-state index contributed by atoms with van der Waals surface area (Å²) in [7, 11) is 0. The van der Waals surface area contributed by atoms with Crippen LogP contribution >= 0.6 is 22.9 Å². The van der Waals surface area contributed by atoms with Gasteiger partial charge in [-0.15, -0.1) is 11.3 Å². The van der Waals surface area contributed by atoms with E-state index >= 15 is 0 Å². The van der Waals surface area contributed by atoms with Crippen LogP contribution in [0, 0.1) is 5.82 Å². The Bertz CT molecular complexity index is 785. The van der Waals surface area contributed by atoms with Gasteiger partial charge in [0.15, 0.2) is 0 Å². The van der Waals surface area contributed by atoms with E-state index in [4.69, 9.17) is 23.1 Å². The highest BCUT2D eigenvalue weighted by Gasteiger charge is 2.13. The first-order valence-electron chi connectivity index (χ1n) is 5.45. The van der Waals surface area contributed by atoms with Crippen molar-refractivity contribution in [1.82, 2.24) is 4.98 Å². The number of rotatable bonds is 1. The molecule has 3 nitrogen and oxygen atoms in total. The van der Waals surface area contributed by atoms with Crippen LogP contribution in [0.1, 0.15) is 0 Å². The monoisotopic (exact) mass is 293 g/mol. The van der Waals surface area contributed by atoms with Gasteiger partial charge in [0.05, 0.1) is 15.4 Å². The van der Waals surface area contributed by atoms with Crippen molar-refractivity contribution >= 4 is 43.7 Å². The fourth-order valence-electron chi connectivity index (χ4n) is 1.98. The molecule has 0 aliphatic heterocycles. The third kappa shape index (κ3) is 1.91. The Balaban J connectivity index is 2.33. The Morgan fingerprint density at radius 3 is 2.74 bits per heavy atom. The molecule has 0 bridgehead atoms. The van der Waals surface area contributed by atoms with Gasteiger partial charge in [-0.25, -0.2) is 4.39 Å². The summed E-state index contributed by atoms with van der Waals surface area (Å²) in [5.41, 5.74) is 13.9. The van der Waals surface area contributed by atoms with Gasteiger partial charge in [0.1, 0.15) is 10.8 Å². The molecule has 0 spiro atoms. The Kier molecular flexibility index (Phi) is 2.80. The summed E-state index contributed by atoms with van der Waals surface area (Å²) >= 11 is 7.19. The van der Waals surface area contributed by atoms with Gasteiger partial charge < -0.3 is 11.5 Å². The van der Waals surface area contributed by atoms with Crippen LogP contribution in [0.2, 0.25) is 5.02 Å². The highest BCUT2D eigenvalue weighted by atomic mass is 35.5. The van der Waals surface area contributed by atoms with E-state index in [1.807, 2.05) is 0 Å². The van der Waals surface area contributed by atoms with Crippen LogP contribution in [0.25, 0.3) is 21.2 Å². The van der Waals surface area contributed by atoms with Crippen molar-refractivity contribution in [3.8, 4) is 11.1 Å². The van der Waals surface area contributed by atoms with Gasteiger partial charge >= 0.3 is 0 Å². The van der Waals surface area contributed by atoms with Crippen LogP contribution in [-0.4, -0.2) is 4.98 Å². The SMILES string of the molecule is Nc1sc2cncc(-c3ccc(F)c(Cl)c3)c2c1N. The van der Waals surface area contributed by atoms with Crippen molar-refractivity contribution in [3.05, 3.63) is 41.4 Å². The van der Waals surface area contributed by atoms with Crippen molar-refractivity contribution in [1.29, 1.82) is 0 Å². The summed E-state index contributed by atoms with van der Waals surface area (Å²) in [6.07, 6.45) is 3.38. The molecule has 6 heteroatoms. The summed E-state index contributed by atoms with van der Waals surface area (Å²) in [6, 6.07) is 4.52. The maximum absolute atomic E-state index is 13.2. The minimum atomic E-state index is -0.455. The zero-order valence-corrected chi connectivity index (χ0v) is 11.2. The number of thiophene rings is 1. The third-order valence-electron chi connectivity index (χ3n) is 2.90. The van der Waals surface area contributed by atoms with Gasteiger partial charge in [0, 0.05) is 23.3 Å². The second-order valence-electron chi connectivity index (χ2n) is 4.07. The topological polar surface area (TPSA) is 64.9 Å². The maximum Gasteiger partial charge on any atom is 0.141 e. The van der Waals surface area contributed by atoms with Crippen LogP contribution in [0.5, 0.6) is 0 Å². The van der Waals surface area contributed by atoms with E-state index < -0.39 is 5.82 Å². The lowest BCUT2D eigenvalue weighted by molar-refractivity contribution is 0.628. The second kappa shape index (κ2) is 4.36. The molecule has 0 aliphatic rings. The Morgan fingerprint density at radius 1 is 1.21 bits per heavy atom. The zero-order chi connectivity index (χ0) is 13.6. The molecular formula is C13H9ClFN3S. The standard InChI is InChI=1S/C13H9ClFN3S/c14-8-3-6(1-2-9(8)15)7-4-18-5-10-11(7)12(16)13(17)19-10/h1-5H,16-17H2. The molecule has 0 fully saturated rings. The zero-order valence-electron chi connectivity index (χ0n) is 9.65. The fraction of sp³-hybridized carbons (Fsp3) is 0. The number of benzene rings is 1. The minimum absolute atomic E-state index is 0.0660. The number of anilines is 2. The molecule has 1 aromatic carbocycles. The van der Waals surface area contributed by atoms with Crippen LogP contribution in [-0.2, 0) is 0 Å². The van der Waals surface area contributed by atoms with Gasteiger partial charge in [-0.05, 0) is 17.7 Å². The van der Waals surface area contributed by atoms with Crippen molar-refractivity contribution in [3.63, 3.8) is 0 Å². The number of pyridine rings is 1. The highest BCUT2D eigenvalue weighted by Crippen LogP contribution is 2.41. The highest BCUT2D eigenvalue weighted by molar-refractivity contribution is 7.23. The molecule has 0 atom stereocenters. The number of nitrogens with zero attached hydrogens (tertiary/aromatic N) is 1. The molecule has 0 unspecified atom stereocenters. The Morgan fingerprint density at radius 2 is 2.00 bits per heavy atom. The molecule has 19 heavy (non-hydrogen) atoms. The Hall–Kier alpha value is -1.85. The normalized spacial score (nSPS) is 11.1. The Labute approximate surface area is 117 Å². The largest absolute Gasteiger partial charge is 0.396 e. The van der Waals surface area contributed by atoms with E-state index in [2.05, 4.69) is 4.98 Å². The predicted molar refractivity (Wildman–Crippen MR) is 78.8 cm³/mol. The summed E-state index contributed by atoms with van der Waals surface area (Å²) in [5.74, 6) is -0.455. The molecule has 96 valence electrons. The fourth-order valence-corrected chi connectivity index (χ4v) is 3.04. The van der Waals surface area contributed by atoms with E-state index in [1.54, 1.807) is 24.5 Å². The van der Waals surface area contributed by atoms with E-state index in [-0.39, 0.29) is 5.02 Å². The van der Waals surface area contributed by atoms with Gasteiger partial charge in [0.25, 0.3) is 0 Å². The average molecular weight is 294 g/mol. The summed E-state index contributed by atoms with van der Waals surface area (Å²) in [5, 5.41) is 1.45. The predicted octanol–water partition coefficient (Wildman–Crippen LogP) is 3.92.